The molecular formula is C11H12N4S2. The van der Waals surface area contributed by atoms with Gasteiger partial charge in [-0.2, -0.15) is 0 Å². The quantitative estimate of drug-likeness (QED) is 0.828. The smallest absolute Gasteiger partial charge is 0.126 e. The van der Waals surface area contributed by atoms with Gasteiger partial charge in [-0.25, -0.2) is 9.97 Å². The van der Waals surface area contributed by atoms with Crippen molar-refractivity contribution in [3.63, 3.8) is 0 Å². The fraction of sp³-hybridized carbons (Fsp3) is 0.182. The third-order valence-electron chi connectivity index (χ3n) is 2.13. The molecule has 0 fully saturated rings. The molecule has 0 aliphatic heterocycles. The highest BCUT2D eigenvalue weighted by atomic mass is 32.1. The molecule has 0 saturated heterocycles. The van der Waals surface area contributed by atoms with E-state index in [2.05, 4.69) is 15.3 Å². The Hall–Kier alpha value is -1.53. The molecule has 88 valence electrons. The number of thiazole rings is 1. The first-order valence-corrected chi connectivity index (χ1v) is 6.28. The predicted octanol–water partition coefficient (Wildman–Crippen LogP) is 2.09. The highest BCUT2D eigenvalue weighted by Gasteiger charge is 2.01. The maximum atomic E-state index is 5.56. The number of hydrogen-bond donors (Lipinski definition) is 2. The first-order chi connectivity index (χ1) is 8.15. The van der Waals surface area contributed by atoms with Crippen molar-refractivity contribution in [1.82, 2.24) is 9.97 Å². The first-order valence-electron chi connectivity index (χ1n) is 5.06. The van der Waals surface area contributed by atoms with Crippen molar-refractivity contribution in [2.45, 2.75) is 13.5 Å². The van der Waals surface area contributed by atoms with Crippen LogP contribution in [0.1, 0.15) is 15.4 Å². The number of hydrogen-bond acceptors (Lipinski definition) is 5. The Morgan fingerprint density at radius 3 is 3.00 bits per heavy atom. The summed E-state index contributed by atoms with van der Waals surface area (Å²) in [6.07, 6.45) is 3.55. The summed E-state index contributed by atoms with van der Waals surface area (Å²) in [4.78, 5) is 10.0. The second-order valence-corrected chi connectivity index (χ2v) is 5.27. The summed E-state index contributed by atoms with van der Waals surface area (Å²) in [5.74, 6) is 0.753. The molecule has 0 aromatic carbocycles. The van der Waals surface area contributed by atoms with Gasteiger partial charge in [0.2, 0.25) is 0 Å². The number of rotatable bonds is 4. The van der Waals surface area contributed by atoms with Crippen molar-refractivity contribution >= 4 is 34.4 Å². The van der Waals surface area contributed by atoms with Gasteiger partial charge in [-0.1, -0.05) is 12.2 Å². The van der Waals surface area contributed by atoms with Crippen molar-refractivity contribution in [3.8, 4) is 0 Å². The number of nitrogens with one attached hydrogen (secondary N) is 1. The highest BCUT2D eigenvalue weighted by Crippen LogP contribution is 2.13. The van der Waals surface area contributed by atoms with Crippen LogP contribution in [0, 0.1) is 6.92 Å². The van der Waals surface area contributed by atoms with Crippen LogP contribution < -0.4 is 11.1 Å². The van der Waals surface area contributed by atoms with Gasteiger partial charge in [0.25, 0.3) is 0 Å². The lowest BCUT2D eigenvalue weighted by molar-refractivity contribution is 1.08. The van der Waals surface area contributed by atoms with E-state index in [9.17, 15) is 0 Å². The minimum Gasteiger partial charge on any atom is -0.389 e. The van der Waals surface area contributed by atoms with Crippen molar-refractivity contribution in [3.05, 3.63) is 40.0 Å². The lowest BCUT2D eigenvalue weighted by Gasteiger charge is -2.04. The summed E-state index contributed by atoms with van der Waals surface area (Å²) in [5, 5.41) is 4.22. The van der Waals surface area contributed by atoms with E-state index < -0.39 is 0 Å². The molecule has 3 N–H and O–H groups in total. The zero-order chi connectivity index (χ0) is 12.3. The van der Waals surface area contributed by atoms with E-state index in [0.717, 1.165) is 16.4 Å². The number of nitrogens with two attached hydrogens (primary N) is 1. The molecule has 0 amide bonds. The van der Waals surface area contributed by atoms with E-state index in [0.29, 0.717) is 11.5 Å². The van der Waals surface area contributed by atoms with Crippen molar-refractivity contribution in [2.24, 2.45) is 5.73 Å². The number of thiocarbonyl (C=S) groups is 1. The van der Waals surface area contributed by atoms with Gasteiger partial charge in [-0.05, 0) is 19.1 Å². The maximum absolute atomic E-state index is 5.56. The first kappa shape index (κ1) is 11.9. The van der Waals surface area contributed by atoms with E-state index in [1.165, 1.54) is 4.88 Å². The molecule has 17 heavy (non-hydrogen) atoms. The van der Waals surface area contributed by atoms with Crippen LogP contribution in [0.15, 0.2) is 24.5 Å². The molecule has 2 aromatic heterocycles. The summed E-state index contributed by atoms with van der Waals surface area (Å²) >= 11 is 6.58. The van der Waals surface area contributed by atoms with E-state index >= 15 is 0 Å². The average molecular weight is 264 g/mol. The Morgan fingerprint density at radius 1 is 1.53 bits per heavy atom. The molecule has 4 nitrogen and oxygen atoms in total. The second kappa shape index (κ2) is 5.20. The molecule has 2 heterocycles. The topological polar surface area (TPSA) is 63.8 Å². The van der Waals surface area contributed by atoms with Crippen molar-refractivity contribution < 1.29 is 0 Å². The molecule has 0 unspecified atom stereocenters. The molecule has 0 saturated carbocycles. The van der Waals surface area contributed by atoms with Gasteiger partial charge in [0.15, 0.2) is 0 Å². The third-order valence-corrected chi connectivity index (χ3v) is 3.28. The summed E-state index contributed by atoms with van der Waals surface area (Å²) in [6, 6.07) is 3.63. The Kier molecular flexibility index (Phi) is 3.65. The van der Waals surface area contributed by atoms with Gasteiger partial charge >= 0.3 is 0 Å². The van der Waals surface area contributed by atoms with E-state index in [1.54, 1.807) is 23.6 Å². The molecule has 6 heteroatoms. The zero-order valence-corrected chi connectivity index (χ0v) is 10.9. The fourth-order valence-electron chi connectivity index (χ4n) is 1.33. The van der Waals surface area contributed by atoms with E-state index in [-0.39, 0.29) is 0 Å². The van der Waals surface area contributed by atoms with Crippen molar-refractivity contribution in [1.29, 1.82) is 0 Å². The standard InChI is InChI=1S/C11H12N4S2/c1-7-5-15-10(17-7)6-14-9-4-8(11(12)16)2-3-13-9/h2-5H,6H2,1H3,(H2,12,16)(H,13,14). The number of aromatic nitrogens is 2. The Morgan fingerprint density at radius 2 is 2.35 bits per heavy atom. The largest absolute Gasteiger partial charge is 0.389 e. The molecule has 0 bridgehead atoms. The molecule has 0 atom stereocenters. The van der Waals surface area contributed by atoms with Crippen LogP contribution in [0.4, 0.5) is 5.82 Å². The Balaban J connectivity index is 2.04. The van der Waals surface area contributed by atoms with Gasteiger partial charge in [0.1, 0.15) is 15.8 Å². The number of nitrogens with zero attached hydrogens (tertiary/aromatic N) is 2. The number of anilines is 1. The fourth-order valence-corrected chi connectivity index (χ4v) is 2.18. The molecule has 0 aliphatic rings. The van der Waals surface area contributed by atoms with E-state index in [1.807, 2.05) is 19.2 Å². The molecule has 0 radical (unpaired) electrons. The summed E-state index contributed by atoms with van der Waals surface area (Å²) in [7, 11) is 0. The van der Waals surface area contributed by atoms with Crippen LogP contribution in [-0.2, 0) is 6.54 Å². The second-order valence-electron chi connectivity index (χ2n) is 3.51. The summed E-state index contributed by atoms with van der Waals surface area (Å²) < 4.78 is 0. The summed E-state index contributed by atoms with van der Waals surface area (Å²) in [5.41, 5.74) is 6.37. The number of pyridine rings is 1. The Bertz CT molecular complexity index is 536. The minimum absolute atomic E-state index is 0.376. The monoisotopic (exact) mass is 264 g/mol. The Labute approximate surface area is 109 Å². The van der Waals surface area contributed by atoms with Crippen LogP contribution in [0.2, 0.25) is 0 Å². The third kappa shape index (κ3) is 3.21. The van der Waals surface area contributed by atoms with Gasteiger partial charge in [0, 0.05) is 22.8 Å². The van der Waals surface area contributed by atoms with Gasteiger partial charge in [-0.3, -0.25) is 0 Å². The predicted molar refractivity (Wildman–Crippen MR) is 74.3 cm³/mol. The van der Waals surface area contributed by atoms with Crippen LogP contribution in [0.5, 0.6) is 0 Å². The van der Waals surface area contributed by atoms with Crippen LogP contribution in [-0.4, -0.2) is 15.0 Å². The zero-order valence-electron chi connectivity index (χ0n) is 9.30. The number of aryl methyl sites for hydroxylation is 1. The molecule has 2 rings (SSSR count). The molecule has 2 aromatic rings. The van der Waals surface area contributed by atoms with Crippen molar-refractivity contribution in [2.75, 3.05) is 5.32 Å². The maximum Gasteiger partial charge on any atom is 0.126 e. The van der Waals surface area contributed by atoms with Crippen LogP contribution in [0.3, 0.4) is 0 Å². The molecule has 0 aliphatic carbocycles. The van der Waals surface area contributed by atoms with Gasteiger partial charge in [-0.15, -0.1) is 11.3 Å². The van der Waals surface area contributed by atoms with Gasteiger partial charge in [0.05, 0.1) is 6.54 Å². The summed E-state index contributed by atoms with van der Waals surface area (Å²) in [6.45, 7) is 2.69. The van der Waals surface area contributed by atoms with Gasteiger partial charge < -0.3 is 11.1 Å². The normalized spacial score (nSPS) is 10.2. The SMILES string of the molecule is Cc1cnc(CNc2cc(C(N)=S)ccn2)s1. The van der Waals surface area contributed by atoms with E-state index in [4.69, 9.17) is 18.0 Å². The lowest BCUT2D eigenvalue weighted by Crippen LogP contribution is -2.10. The molecule has 0 spiro atoms. The van der Waals surface area contributed by atoms with Crippen LogP contribution >= 0.6 is 23.6 Å². The minimum atomic E-state index is 0.376. The lowest BCUT2D eigenvalue weighted by atomic mass is 10.2. The average Bonchev–Trinajstić information content (AvgIpc) is 2.73. The molecular weight excluding hydrogens is 252 g/mol. The highest BCUT2D eigenvalue weighted by molar-refractivity contribution is 7.80. The van der Waals surface area contributed by atoms with Crippen LogP contribution in [0.25, 0.3) is 0 Å².